The lowest BCUT2D eigenvalue weighted by molar-refractivity contribution is 0.135. The van der Waals surface area contributed by atoms with Crippen molar-refractivity contribution in [3.05, 3.63) is 22.7 Å². The molecule has 2 atom stereocenters. The van der Waals surface area contributed by atoms with Crippen LogP contribution in [0.5, 0.6) is 0 Å². The highest BCUT2D eigenvalue weighted by molar-refractivity contribution is 5.30. The third-order valence-electron chi connectivity index (χ3n) is 3.12. The van der Waals surface area contributed by atoms with Crippen molar-refractivity contribution in [2.45, 2.75) is 45.2 Å². The van der Waals surface area contributed by atoms with Crippen molar-refractivity contribution < 1.29 is 0 Å². The minimum Gasteiger partial charge on any atom is -0.313 e. The summed E-state index contributed by atoms with van der Waals surface area (Å²) in [5, 5.41) is 2.19. The molecule has 1 aromatic rings. The molecule has 5 heteroatoms. The SMILES string of the molecule is CC1CCCC(C)N1Nc1cc(=O)[nH]cn1. The zero-order valence-electron chi connectivity index (χ0n) is 9.73. The maximum Gasteiger partial charge on any atom is 0.252 e. The van der Waals surface area contributed by atoms with E-state index in [-0.39, 0.29) is 5.56 Å². The number of aromatic amines is 1. The zero-order chi connectivity index (χ0) is 11.5. The van der Waals surface area contributed by atoms with E-state index in [1.165, 1.54) is 31.7 Å². The maximum atomic E-state index is 11.1. The van der Waals surface area contributed by atoms with Crippen LogP contribution in [0.2, 0.25) is 0 Å². The normalized spacial score (nSPS) is 26.6. The molecule has 0 aliphatic carbocycles. The number of rotatable bonds is 2. The number of hydrogen-bond donors (Lipinski definition) is 2. The van der Waals surface area contributed by atoms with E-state index in [0.717, 1.165) is 0 Å². The molecule has 0 spiro atoms. The van der Waals surface area contributed by atoms with Gasteiger partial charge in [-0.25, -0.2) is 9.99 Å². The van der Waals surface area contributed by atoms with Crippen LogP contribution in [0.3, 0.4) is 0 Å². The van der Waals surface area contributed by atoms with Gasteiger partial charge in [0.2, 0.25) is 0 Å². The smallest absolute Gasteiger partial charge is 0.252 e. The van der Waals surface area contributed by atoms with Gasteiger partial charge in [-0.2, -0.15) is 0 Å². The molecule has 1 aliphatic heterocycles. The summed E-state index contributed by atoms with van der Waals surface area (Å²) >= 11 is 0. The first kappa shape index (κ1) is 11.1. The first-order valence-electron chi connectivity index (χ1n) is 5.76. The molecule has 0 aromatic carbocycles. The molecule has 2 N–H and O–H groups in total. The van der Waals surface area contributed by atoms with E-state index in [1.807, 2.05) is 0 Å². The van der Waals surface area contributed by atoms with Crippen LogP contribution in [0.15, 0.2) is 17.2 Å². The van der Waals surface area contributed by atoms with Gasteiger partial charge >= 0.3 is 0 Å². The van der Waals surface area contributed by atoms with Crippen molar-refractivity contribution in [3.8, 4) is 0 Å². The van der Waals surface area contributed by atoms with Gasteiger partial charge in [0.15, 0.2) is 0 Å². The molecule has 2 unspecified atom stereocenters. The number of H-pyrrole nitrogens is 1. The van der Waals surface area contributed by atoms with E-state index in [0.29, 0.717) is 17.9 Å². The Labute approximate surface area is 94.9 Å². The average molecular weight is 222 g/mol. The highest BCUT2D eigenvalue weighted by Gasteiger charge is 2.24. The van der Waals surface area contributed by atoms with E-state index in [2.05, 4.69) is 34.3 Å². The predicted molar refractivity (Wildman–Crippen MR) is 63.1 cm³/mol. The standard InChI is InChI=1S/C11H18N4O/c1-8-4-3-5-9(2)15(8)14-10-6-11(16)13-7-12-10/h6-9H,3-5H2,1-2H3,(H2,12,13,14,16). The third kappa shape index (κ3) is 2.41. The lowest BCUT2D eigenvalue weighted by Gasteiger charge is -2.38. The number of nitrogens with one attached hydrogen (secondary N) is 2. The summed E-state index contributed by atoms with van der Waals surface area (Å²) in [4.78, 5) is 17.7. The molecule has 88 valence electrons. The van der Waals surface area contributed by atoms with Crippen molar-refractivity contribution in [2.24, 2.45) is 0 Å². The fourth-order valence-corrected chi connectivity index (χ4v) is 2.20. The minimum absolute atomic E-state index is 0.130. The van der Waals surface area contributed by atoms with Gasteiger partial charge < -0.3 is 10.4 Å². The molecule has 5 nitrogen and oxygen atoms in total. The molecule has 1 aliphatic rings. The maximum absolute atomic E-state index is 11.1. The van der Waals surface area contributed by atoms with Crippen LogP contribution in [0.25, 0.3) is 0 Å². The summed E-state index contributed by atoms with van der Waals surface area (Å²) in [7, 11) is 0. The fourth-order valence-electron chi connectivity index (χ4n) is 2.20. The number of aromatic nitrogens is 2. The molecular formula is C11H18N4O. The second kappa shape index (κ2) is 4.65. The highest BCUT2D eigenvalue weighted by Crippen LogP contribution is 2.22. The average Bonchev–Trinajstić information content (AvgIpc) is 2.24. The number of hydrazine groups is 1. The third-order valence-corrected chi connectivity index (χ3v) is 3.12. The Kier molecular flexibility index (Phi) is 3.24. The Balaban J connectivity index is 2.10. The van der Waals surface area contributed by atoms with Gasteiger partial charge in [-0.05, 0) is 26.7 Å². The Hall–Kier alpha value is -1.36. The minimum atomic E-state index is -0.130. The van der Waals surface area contributed by atoms with Gasteiger partial charge in [-0.1, -0.05) is 6.42 Å². The summed E-state index contributed by atoms with van der Waals surface area (Å²) < 4.78 is 0. The van der Waals surface area contributed by atoms with Crippen molar-refractivity contribution in [2.75, 3.05) is 5.43 Å². The summed E-state index contributed by atoms with van der Waals surface area (Å²) in [6, 6.07) is 2.43. The van der Waals surface area contributed by atoms with E-state index in [4.69, 9.17) is 0 Å². The Morgan fingerprint density at radius 1 is 1.44 bits per heavy atom. The number of nitrogens with zero attached hydrogens (tertiary/aromatic N) is 2. The lowest BCUT2D eigenvalue weighted by atomic mass is 10.00. The van der Waals surface area contributed by atoms with Crippen molar-refractivity contribution in [1.29, 1.82) is 0 Å². The van der Waals surface area contributed by atoms with Gasteiger partial charge in [-0.3, -0.25) is 4.79 Å². The van der Waals surface area contributed by atoms with Gasteiger partial charge in [0.25, 0.3) is 5.56 Å². The van der Waals surface area contributed by atoms with Crippen LogP contribution in [0.4, 0.5) is 5.82 Å². The Bertz CT molecular complexity index is 393. The van der Waals surface area contributed by atoms with Gasteiger partial charge in [0.1, 0.15) is 5.82 Å². The van der Waals surface area contributed by atoms with Crippen molar-refractivity contribution in [1.82, 2.24) is 15.0 Å². The van der Waals surface area contributed by atoms with E-state index in [1.54, 1.807) is 0 Å². The van der Waals surface area contributed by atoms with Gasteiger partial charge in [-0.15, -0.1) is 0 Å². The van der Waals surface area contributed by atoms with E-state index in [9.17, 15) is 4.79 Å². The predicted octanol–water partition coefficient (Wildman–Crippen LogP) is 1.36. The Morgan fingerprint density at radius 2 is 2.12 bits per heavy atom. The van der Waals surface area contributed by atoms with E-state index >= 15 is 0 Å². The largest absolute Gasteiger partial charge is 0.313 e. The molecule has 1 aromatic heterocycles. The van der Waals surface area contributed by atoms with Crippen LogP contribution >= 0.6 is 0 Å². The summed E-state index contributed by atoms with van der Waals surface area (Å²) in [6.07, 6.45) is 5.05. The van der Waals surface area contributed by atoms with Crippen LogP contribution in [-0.4, -0.2) is 27.1 Å². The fraction of sp³-hybridized carbons (Fsp3) is 0.636. The summed E-state index contributed by atoms with van der Waals surface area (Å²) in [5.74, 6) is 0.615. The zero-order valence-corrected chi connectivity index (χ0v) is 9.73. The molecular weight excluding hydrogens is 204 g/mol. The van der Waals surface area contributed by atoms with Crippen LogP contribution in [0.1, 0.15) is 33.1 Å². The number of piperidine rings is 1. The second-order valence-electron chi connectivity index (χ2n) is 4.44. The van der Waals surface area contributed by atoms with Gasteiger partial charge in [0.05, 0.1) is 6.33 Å². The topological polar surface area (TPSA) is 61.0 Å². The summed E-state index contributed by atoms with van der Waals surface area (Å²) in [6.45, 7) is 4.38. The van der Waals surface area contributed by atoms with Crippen molar-refractivity contribution >= 4 is 5.82 Å². The molecule has 1 fully saturated rings. The monoisotopic (exact) mass is 222 g/mol. The molecule has 2 heterocycles. The molecule has 0 radical (unpaired) electrons. The first-order chi connectivity index (χ1) is 7.66. The van der Waals surface area contributed by atoms with Crippen LogP contribution in [-0.2, 0) is 0 Å². The van der Waals surface area contributed by atoms with E-state index < -0.39 is 0 Å². The molecule has 0 saturated carbocycles. The molecule has 0 bridgehead atoms. The summed E-state index contributed by atoms with van der Waals surface area (Å²) in [5.41, 5.74) is 3.09. The molecule has 1 saturated heterocycles. The molecule has 2 rings (SSSR count). The number of anilines is 1. The first-order valence-corrected chi connectivity index (χ1v) is 5.76. The molecule has 16 heavy (non-hydrogen) atoms. The number of hydrogen-bond acceptors (Lipinski definition) is 4. The van der Waals surface area contributed by atoms with Gasteiger partial charge in [0, 0.05) is 18.2 Å². The second-order valence-corrected chi connectivity index (χ2v) is 4.44. The molecule has 0 amide bonds. The van der Waals surface area contributed by atoms with Crippen LogP contribution < -0.4 is 11.0 Å². The van der Waals surface area contributed by atoms with Crippen LogP contribution in [0, 0.1) is 0 Å². The van der Waals surface area contributed by atoms with Crippen molar-refractivity contribution in [3.63, 3.8) is 0 Å². The quantitative estimate of drug-likeness (QED) is 0.793. The lowest BCUT2D eigenvalue weighted by Crippen LogP contribution is -2.47. The Morgan fingerprint density at radius 3 is 2.75 bits per heavy atom. The highest BCUT2D eigenvalue weighted by atomic mass is 16.1.